The molecule has 1 aromatic heterocycles. The number of nitriles is 1. The van der Waals surface area contributed by atoms with Crippen molar-refractivity contribution in [2.24, 2.45) is 0 Å². The van der Waals surface area contributed by atoms with E-state index in [1.165, 1.54) is 6.07 Å². The number of nitrogens with one attached hydrogen (secondary N) is 1. The van der Waals surface area contributed by atoms with Crippen LogP contribution in [0.15, 0.2) is 30.6 Å². The second-order valence-electron chi connectivity index (χ2n) is 4.48. The van der Waals surface area contributed by atoms with Crippen LogP contribution < -0.4 is 10.1 Å². The van der Waals surface area contributed by atoms with Crippen LogP contribution in [-0.2, 0) is 6.54 Å². The first-order valence-corrected chi connectivity index (χ1v) is 6.36. The topological polar surface area (TPSA) is 108 Å². The molecule has 1 heterocycles. The van der Waals surface area contributed by atoms with Gasteiger partial charge in [-0.3, -0.25) is 0 Å². The molecule has 10 heteroatoms. The predicted octanol–water partition coefficient (Wildman–Crippen LogP) is 2.56. The summed E-state index contributed by atoms with van der Waals surface area (Å²) in [5, 5.41) is 20.3. The summed E-state index contributed by atoms with van der Waals surface area (Å²) in [6, 6.07) is 5.20. The number of aromatic carboxylic acids is 1. The van der Waals surface area contributed by atoms with Gasteiger partial charge in [-0.05, 0) is 23.8 Å². The monoisotopic (exact) mass is 338 g/mol. The van der Waals surface area contributed by atoms with E-state index in [-0.39, 0.29) is 23.6 Å². The highest BCUT2D eigenvalue weighted by atomic mass is 19.4. The number of benzene rings is 1. The molecule has 0 atom stereocenters. The van der Waals surface area contributed by atoms with Crippen LogP contribution in [0.1, 0.15) is 21.5 Å². The third-order valence-corrected chi connectivity index (χ3v) is 2.68. The lowest BCUT2D eigenvalue weighted by Crippen LogP contribution is -2.17. The van der Waals surface area contributed by atoms with Crippen molar-refractivity contribution in [3.8, 4) is 11.8 Å². The molecule has 0 unspecified atom stereocenters. The van der Waals surface area contributed by atoms with E-state index in [9.17, 15) is 18.0 Å². The molecule has 7 nitrogen and oxygen atoms in total. The number of nitrogens with zero attached hydrogens (tertiary/aromatic N) is 3. The highest BCUT2D eigenvalue weighted by Gasteiger charge is 2.31. The number of carboxylic acid groups (broad SMARTS) is 1. The number of anilines is 1. The van der Waals surface area contributed by atoms with Gasteiger partial charge in [0, 0.05) is 18.9 Å². The van der Waals surface area contributed by atoms with Crippen molar-refractivity contribution < 1.29 is 27.8 Å². The lowest BCUT2D eigenvalue weighted by atomic mass is 10.1. The normalized spacial score (nSPS) is 10.8. The van der Waals surface area contributed by atoms with Gasteiger partial charge in [0.25, 0.3) is 0 Å². The first-order valence-electron chi connectivity index (χ1n) is 6.36. The van der Waals surface area contributed by atoms with Crippen LogP contribution in [-0.4, -0.2) is 27.4 Å². The summed E-state index contributed by atoms with van der Waals surface area (Å²) < 4.78 is 40.6. The molecule has 0 bridgehead atoms. The Morgan fingerprint density at radius 1 is 1.29 bits per heavy atom. The summed E-state index contributed by atoms with van der Waals surface area (Å²) in [7, 11) is 0. The Labute approximate surface area is 133 Å². The predicted molar refractivity (Wildman–Crippen MR) is 74.2 cm³/mol. The molecule has 2 N–H and O–H groups in total. The largest absolute Gasteiger partial charge is 0.573 e. The maximum absolute atomic E-state index is 12.3. The van der Waals surface area contributed by atoms with Gasteiger partial charge in [0.05, 0.1) is 17.2 Å². The molecule has 0 aliphatic carbocycles. The Hall–Kier alpha value is -3.35. The highest BCUT2D eigenvalue weighted by Crippen LogP contribution is 2.25. The van der Waals surface area contributed by atoms with Gasteiger partial charge >= 0.3 is 12.3 Å². The van der Waals surface area contributed by atoms with E-state index < -0.39 is 18.1 Å². The van der Waals surface area contributed by atoms with Gasteiger partial charge in [-0.25, -0.2) is 14.8 Å². The molecule has 0 radical (unpaired) electrons. The number of ether oxygens (including phenoxy) is 1. The molecule has 0 fully saturated rings. The molecule has 2 aromatic rings. The average Bonchev–Trinajstić information content (AvgIpc) is 2.51. The number of carbonyl (C=O) groups is 1. The SMILES string of the molecule is N#Cc1cc(CNc2ncc(C(=O)O)cn2)cc(OC(F)(F)F)c1. The Bertz CT molecular complexity index is 785. The summed E-state index contributed by atoms with van der Waals surface area (Å²) >= 11 is 0. The van der Waals surface area contributed by atoms with Crippen molar-refractivity contribution in [2.45, 2.75) is 12.9 Å². The lowest BCUT2D eigenvalue weighted by Gasteiger charge is -2.11. The average molecular weight is 338 g/mol. The van der Waals surface area contributed by atoms with Crippen LogP contribution in [0.2, 0.25) is 0 Å². The second-order valence-corrected chi connectivity index (χ2v) is 4.48. The zero-order valence-corrected chi connectivity index (χ0v) is 11.8. The summed E-state index contributed by atoms with van der Waals surface area (Å²) in [6.45, 7) is 0.0101. The van der Waals surface area contributed by atoms with Crippen LogP contribution in [0.25, 0.3) is 0 Å². The van der Waals surface area contributed by atoms with E-state index in [0.717, 1.165) is 24.5 Å². The van der Waals surface area contributed by atoms with E-state index in [4.69, 9.17) is 10.4 Å². The van der Waals surface area contributed by atoms with Crippen LogP contribution in [0.4, 0.5) is 19.1 Å². The summed E-state index contributed by atoms with van der Waals surface area (Å²) in [5.74, 6) is -1.61. The molecule has 0 spiro atoms. The zero-order chi connectivity index (χ0) is 17.7. The van der Waals surface area contributed by atoms with Crippen LogP contribution in [0, 0.1) is 11.3 Å². The second kappa shape index (κ2) is 6.82. The van der Waals surface area contributed by atoms with Gasteiger partial charge < -0.3 is 15.2 Å². The minimum absolute atomic E-state index is 0.00399. The summed E-state index contributed by atoms with van der Waals surface area (Å²) in [5.41, 5.74) is 0.225. The fraction of sp³-hybridized carbons (Fsp3) is 0.143. The molecule has 0 aliphatic heterocycles. The van der Waals surface area contributed by atoms with E-state index in [1.807, 2.05) is 0 Å². The van der Waals surface area contributed by atoms with Gasteiger partial charge in [0.1, 0.15) is 5.75 Å². The Balaban J connectivity index is 2.12. The number of carboxylic acids is 1. The van der Waals surface area contributed by atoms with E-state index >= 15 is 0 Å². The number of hydrogen-bond donors (Lipinski definition) is 2. The van der Waals surface area contributed by atoms with Gasteiger partial charge in [-0.1, -0.05) is 0 Å². The van der Waals surface area contributed by atoms with E-state index in [0.29, 0.717) is 5.56 Å². The Morgan fingerprint density at radius 3 is 2.50 bits per heavy atom. The maximum Gasteiger partial charge on any atom is 0.573 e. The van der Waals surface area contributed by atoms with Crippen LogP contribution in [0.5, 0.6) is 5.75 Å². The third kappa shape index (κ3) is 4.84. The van der Waals surface area contributed by atoms with Crippen molar-refractivity contribution in [1.29, 1.82) is 5.26 Å². The van der Waals surface area contributed by atoms with Crippen LogP contribution >= 0.6 is 0 Å². The summed E-state index contributed by atoms with van der Waals surface area (Å²) in [4.78, 5) is 18.2. The van der Waals surface area contributed by atoms with Gasteiger partial charge in [-0.2, -0.15) is 5.26 Å². The first-order chi connectivity index (χ1) is 11.3. The van der Waals surface area contributed by atoms with E-state index in [1.54, 1.807) is 6.07 Å². The van der Waals surface area contributed by atoms with Gasteiger partial charge in [0.15, 0.2) is 0 Å². The third-order valence-electron chi connectivity index (χ3n) is 2.68. The minimum Gasteiger partial charge on any atom is -0.478 e. The van der Waals surface area contributed by atoms with Gasteiger partial charge in [-0.15, -0.1) is 13.2 Å². The quantitative estimate of drug-likeness (QED) is 0.862. The fourth-order valence-corrected chi connectivity index (χ4v) is 1.73. The van der Waals surface area contributed by atoms with Gasteiger partial charge in [0.2, 0.25) is 5.95 Å². The number of aromatic nitrogens is 2. The number of rotatable bonds is 5. The molecule has 2 rings (SSSR count). The molecular formula is C14H9F3N4O3. The molecule has 0 aliphatic rings. The number of alkyl halides is 3. The Kier molecular flexibility index (Phi) is 4.84. The molecule has 1 aromatic carbocycles. The minimum atomic E-state index is -4.87. The Morgan fingerprint density at radius 2 is 1.96 bits per heavy atom. The molecule has 124 valence electrons. The smallest absolute Gasteiger partial charge is 0.478 e. The highest BCUT2D eigenvalue weighted by molar-refractivity contribution is 5.86. The lowest BCUT2D eigenvalue weighted by molar-refractivity contribution is -0.274. The van der Waals surface area contributed by atoms with Crippen LogP contribution in [0.3, 0.4) is 0 Å². The molecule has 0 saturated heterocycles. The zero-order valence-electron chi connectivity index (χ0n) is 11.8. The van der Waals surface area contributed by atoms with Crippen molar-refractivity contribution in [2.75, 3.05) is 5.32 Å². The van der Waals surface area contributed by atoms with Crippen molar-refractivity contribution in [1.82, 2.24) is 9.97 Å². The van der Waals surface area contributed by atoms with Crippen molar-refractivity contribution >= 4 is 11.9 Å². The molecule has 24 heavy (non-hydrogen) atoms. The number of halogens is 3. The van der Waals surface area contributed by atoms with Crippen molar-refractivity contribution in [3.63, 3.8) is 0 Å². The fourth-order valence-electron chi connectivity index (χ4n) is 1.73. The molecule has 0 saturated carbocycles. The van der Waals surface area contributed by atoms with E-state index in [2.05, 4.69) is 20.0 Å². The van der Waals surface area contributed by atoms with Crippen molar-refractivity contribution in [3.05, 3.63) is 47.3 Å². The molecule has 0 amide bonds. The summed E-state index contributed by atoms with van der Waals surface area (Å²) in [6.07, 6.45) is -2.70. The standard InChI is InChI=1S/C14H9F3N4O3/c15-14(16,17)24-11-2-8(4-18)1-9(3-11)5-19-13-20-6-10(7-21-13)12(22)23/h1-3,6-7H,5H2,(H,22,23)(H,19,20,21). The first kappa shape index (κ1) is 17.0. The molecular weight excluding hydrogens is 329 g/mol. The maximum atomic E-state index is 12.3. The number of hydrogen-bond acceptors (Lipinski definition) is 6.